The smallest absolute Gasteiger partial charge is 0.269 e. The topological polar surface area (TPSA) is 45.8 Å². The van der Waals surface area contributed by atoms with Crippen LogP contribution >= 0.6 is 11.8 Å². The molecule has 2 rings (SSSR count). The lowest BCUT2D eigenvalue weighted by atomic mass is 10.1. The van der Waals surface area contributed by atoms with E-state index in [1.165, 1.54) is 17.3 Å². The highest BCUT2D eigenvalue weighted by Gasteiger charge is 2.22. The Kier molecular flexibility index (Phi) is 2.57. The lowest BCUT2D eigenvalue weighted by molar-refractivity contribution is 0.770. The molecule has 1 aliphatic carbocycles. The van der Waals surface area contributed by atoms with E-state index >= 15 is 0 Å². The van der Waals surface area contributed by atoms with Gasteiger partial charge in [0.25, 0.3) is 5.56 Å². The Hall–Kier alpha value is -1.21. The van der Waals surface area contributed by atoms with Crippen molar-refractivity contribution in [1.29, 1.82) is 5.26 Å². The first kappa shape index (κ1) is 10.3. The van der Waals surface area contributed by atoms with Crippen molar-refractivity contribution in [1.82, 2.24) is 4.57 Å². The molecule has 0 saturated carbocycles. The highest BCUT2D eigenvalue weighted by Crippen LogP contribution is 2.31. The number of rotatable bonds is 1. The molecule has 78 valence electrons. The standard InChI is InChI=1S/C11H12N2OS/c1-13-9-5-3-4-7(9)10(15-2)8(6-12)11(13)14/h3-5H2,1-2H3. The zero-order valence-corrected chi connectivity index (χ0v) is 9.65. The van der Waals surface area contributed by atoms with Crippen molar-refractivity contribution in [3.63, 3.8) is 0 Å². The fourth-order valence-electron chi connectivity index (χ4n) is 2.20. The summed E-state index contributed by atoms with van der Waals surface area (Å²) in [5, 5.41) is 9.01. The Bertz CT molecular complexity index is 511. The average Bonchev–Trinajstić information content (AvgIpc) is 2.71. The zero-order chi connectivity index (χ0) is 11.0. The SMILES string of the molecule is CSc1c2c(n(C)c(=O)c1C#N)CCC2. The largest absolute Gasteiger partial charge is 0.314 e. The first-order valence-electron chi connectivity index (χ1n) is 4.89. The van der Waals surface area contributed by atoms with Crippen molar-refractivity contribution >= 4 is 11.8 Å². The van der Waals surface area contributed by atoms with E-state index in [4.69, 9.17) is 5.26 Å². The molecule has 1 heterocycles. The molecule has 1 aliphatic rings. The van der Waals surface area contributed by atoms with Crippen molar-refractivity contribution in [2.75, 3.05) is 6.26 Å². The van der Waals surface area contributed by atoms with Crippen LogP contribution in [0.25, 0.3) is 0 Å². The third-order valence-corrected chi connectivity index (χ3v) is 3.79. The van der Waals surface area contributed by atoms with E-state index in [1.807, 2.05) is 12.3 Å². The lowest BCUT2D eigenvalue weighted by Gasteiger charge is -2.11. The molecule has 0 aliphatic heterocycles. The summed E-state index contributed by atoms with van der Waals surface area (Å²) in [4.78, 5) is 12.8. The second-order valence-corrected chi connectivity index (χ2v) is 4.48. The summed E-state index contributed by atoms with van der Waals surface area (Å²) in [5.41, 5.74) is 2.48. The van der Waals surface area contributed by atoms with Crippen LogP contribution in [-0.4, -0.2) is 10.8 Å². The van der Waals surface area contributed by atoms with Gasteiger partial charge >= 0.3 is 0 Å². The van der Waals surface area contributed by atoms with Crippen LogP contribution < -0.4 is 5.56 Å². The van der Waals surface area contributed by atoms with Gasteiger partial charge in [0.1, 0.15) is 11.6 Å². The molecule has 0 N–H and O–H groups in total. The molecule has 0 unspecified atom stereocenters. The maximum Gasteiger partial charge on any atom is 0.269 e. The van der Waals surface area contributed by atoms with Crippen molar-refractivity contribution in [2.24, 2.45) is 7.05 Å². The molecule has 1 aromatic heterocycles. The maximum atomic E-state index is 11.9. The van der Waals surface area contributed by atoms with Crippen LogP contribution in [0.2, 0.25) is 0 Å². The van der Waals surface area contributed by atoms with Crippen molar-refractivity contribution in [3.05, 3.63) is 27.2 Å². The van der Waals surface area contributed by atoms with Gasteiger partial charge in [-0.2, -0.15) is 5.26 Å². The minimum Gasteiger partial charge on any atom is -0.314 e. The first-order valence-corrected chi connectivity index (χ1v) is 6.12. The highest BCUT2D eigenvalue weighted by atomic mass is 32.2. The monoisotopic (exact) mass is 220 g/mol. The van der Waals surface area contributed by atoms with Crippen LogP contribution in [0.15, 0.2) is 9.69 Å². The normalized spacial score (nSPS) is 13.7. The molecular weight excluding hydrogens is 208 g/mol. The second kappa shape index (κ2) is 3.74. The Balaban J connectivity index is 2.86. The average molecular weight is 220 g/mol. The number of nitriles is 1. The van der Waals surface area contributed by atoms with Gasteiger partial charge in [-0.15, -0.1) is 11.8 Å². The van der Waals surface area contributed by atoms with E-state index < -0.39 is 0 Å². The first-order chi connectivity index (χ1) is 7.20. The molecule has 0 fully saturated rings. The van der Waals surface area contributed by atoms with Crippen molar-refractivity contribution < 1.29 is 0 Å². The van der Waals surface area contributed by atoms with E-state index in [0.29, 0.717) is 5.56 Å². The number of hydrogen-bond donors (Lipinski definition) is 0. The number of hydrogen-bond acceptors (Lipinski definition) is 3. The predicted molar refractivity (Wildman–Crippen MR) is 60.2 cm³/mol. The van der Waals surface area contributed by atoms with E-state index in [1.54, 1.807) is 11.6 Å². The van der Waals surface area contributed by atoms with Gasteiger partial charge in [-0.1, -0.05) is 0 Å². The van der Waals surface area contributed by atoms with E-state index in [9.17, 15) is 4.79 Å². The van der Waals surface area contributed by atoms with Gasteiger partial charge in [0.2, 0.25) is 0 Å². The summed E-state index contributed by atoms with van der Waals surface area (Å²) in [5.74, 6) is 0. The van der Waals surface area contributed by atoms with Crippen LogP contribution in [-0.2, 0) is 19.9 Å². The van der Waals surface area contributed by atoms with Gasteiger partial charge in [0.05, 0.1) is 0 Å². The molecule has 3 nitrogen and oxygen atoms in total. The van der Waals surface area contributed by atoms with Crippen LogP contribution in [0.1, 0.15) is 23.2 Å². The second-order valence-electron chi connectivity index (χ2n) is 3.66. The van der Waals surface area contributed by atoms with Crippen molar-refractivity contribution in [3.8, 4) is 6.07 Å². The molecule has 0 saturated heterocycles. The molecule has 15 heavy (non-hydrogen) atoms. The van der Waals surface area contributed by atoms with E-state index in [0.717, 1.165) is 29.9 Å². The number of nitrogens with zero attached hydrogens (tertiary/aromatic N) is 2. The van der Waals surface area contributed by atoms with Gasteiger partial charge in [-0.25, -0.2) is 0 Å². The molecule has 0 aromatic carbocycles. The molecule has 0 spiro atoms. The lowest BCUT2D eigenvalue weighted by Crippen LogP contribution is -2.24. The van der Waals surface area contributed by atoms with E-state index in [-0.39, 0.29) is 5.56 Å². The Morgan fingerprint density at radius 2 is 2.20 bits per heavy atom. The summed E-state index contributed by atoms with van der Waals surface area (Å²) in [6, 6.07) is 2.03. The third kappa shape index (κ3) is 1.38. The number of aromatic nitrogens is 1. The third-order valence-electron chi connectivity index (χ3n) is 2.93. The molecule has 0 atom stereocenters. The van der Waals surface area contributed by atoms with Crippen LogP contribution in [0, 0.1) is 11.3 Å². The molecule has 1 aromatic rings. The fourth-order valence-corrected chi connectivity index (χ4v) is 3.01. The molecule has 0 amide bonds. The highest BCUT2D eigenvalue weighted by molar-refractivity contribution is 7.98. The predicted octanol–water partition coefficient (Wildman–Crippen LogP) is 1.47. The van der Waals surface area contributed by atoms with Gasteiger partial charge < -0.3 is 4.57 Å². The fraction of sp³-hybridized carbons (Fsp3) is 0.455. The summed E-state index contributed by atoms with van der Waals surface area (Å²) in [7, 11) is 1.76. The minimum absolute atomic E-state index is 0.150. The zero-order valence-electron chi connectivity index (χ0n) is 8.83. The Morgan fingerprint density at radius 3 is 2.80 bits per heavy atom. The van der Waals surface area contributed by atoms with E-state index in [2.05, 4.69) is 0 Å². The van der Waals surface area contributed by atoms with Gasteiger partial charge in [-0.05, 0) is 31.1 Å². The minimum atomic E-state index is -0.150. The molecule has 0 radical (unpaired) electrons. The van der Waals surface area contributed by atoms with Crippen LogP contribution in [0.5, 0.6) is 0 Å². The van der Waals surface area contributed by atoms with Crippen LogP contribution in [0.3, 0.4) is 0 Å². The van der Waals surface area contributed by atoms with Gasteiger partial charge in [0, 0.05) is 17.6 Å². The summed E-state index contributed by atoms with van der Waals surface area (Å²) < 4.78 is 1.64. The summed E-state index contributed by atoms with van der Waals surface area (Å²) >= 11 is 1.51. The Labute approximate surface area is 92.7 Å². The van der Waals surface area contributed by atoms with Gasteiger partial charge in [-0.3, -0.25) is 4.79 Å². The van der Waals surface area contributed by atoms with Crippen molar-refractivity contribution in [2.45, 2.75) is 24.2 Å². The molecule has 0 bridgehead atoms. The van der Waals surface area contributed by atoms with Crippen LogP contribution in [0.4, 0.5) is 0 Å². The molecular formula is C11H12N2OS. The van der Waals surface area contributed by atoms with Gasteiger partial charge in [0.15, 0.2) is 0 Å². The molecule has 4 heteroatoms. The number of thioether (sulfide) groups is 1. The maximum absolute atomic E-state index is 11.9. The Morgan fingerprint density at radius 1 is 1.47 bits per heavy atom. The summed E-state index contributed by atoms with van der Waals surface area (Å²) in [6.07, 6.45) is 4.97. The quantitative estimate of drug-likeness (QED) is 0.673. The number of fused-ring (bicyclic) bond motifs is 1. The number of pyridine rings is 1. The summed E-state index contributed by atoms with van der Waals surface area (Å²) in [6.45, 7) is 0.